The van der Waals surface area contributed by atoms with Gasteiger partial charge in [0.1, 0.15) is 0 Å². The molecule has 0 bridgehead atoms. The van der Waals surface area contributed by atoms with Crippen molar-refractivity contribution < 1.29 is 0 Å². The third kappa shape index (κ3) is 6.87. The van der Waals surface area contributed by atoms with Crippen molar-refractivity contribution in [3.63, 3.8) is 0 Å². The van der Waals surface area contributed by atoms with Crippen LogP contribution in [0.15, 0.2) is 315 Å². The fourth-order valence-corrected chi connectivity index (χ4v) is 26.2. The molecule has 0 amide bonds. The SMILES string of the molecule is c1ccc([Si]2(c3ccc(-c4nc(-c5cccc([Si]6(c7ccccc7)c7ccccc7-n7c8ccccc8c8cccc6c87)c5)nc(-c5ccccc5-n5c6ccccc6c6ccccc65)n4)cc3)c3ccccc3-n3c4ccccc4c4cccc2c43)cc1. The van der Waals surface area contributed by atoms with Crippen molar-refractivity contribution in [2.75, 3.05) is 0 Å². The van der Waals surface area contributed by atoms with Crippen molar-refractivity contribution in [3.05, 3.63) is 315 Å². The summed E-state index contributed by atoms with van der Waals surface area (Å²) in [5.41, 5.74) is 13.4. The first-order chi connectivity index (χ1) is 44.2. The minimum Gasteiger partial charge on any atom is -0.309 e. The maximum absolute atomic E-state index is 5.67. The van der Waals surface area contributed by atoms with E-state index < -0.39 is 16.1 Å². The lowest BCUT2D eigenvalue weighted by Gasteiger charge is -2.40. The van der Waals surface area contributed by atoms with E-state index in [-0.39, 0.29) is 0 Å². The molecule has 2 aliphatic heterocycles. The molecule has 0 saturated heterocycles. The average molecular weight is 1170 g/mol. The molecule has 0 saturated carbocycles. The van der Waals surface area contributed by atoms with Gasteiger partial charge in [-0.25, -0.2) is 15.0 Å². The molecule has 8 heteroatoms. The standard InChI is InChI=1S/C81H52N6Si2/c1-3-25-55(26-4-1)88(73-44-19-17-42-71(73)86-68-39-14-9-32-61(68)63-35-22-46-75(88)77(63)86)57-50-48-53(49-51-57)79-82-80(84-81(83-79)65-34-11-16-41-70(65)85-66-37-12-7-30-59(66)60-31-8-13-38-67(60)85)54-24-21-29-58(52-54)89(56-27-5-2-6-28-56)74-45-20-18-43-72(74)87-69-40-15-10-33-62(69)64-36-23-47-76(89)78(64)87/h1-52H. The number of para-hydroxylation sites is 9. The molecule has 414 valence electrons. The Morgan fingerprint density at radius 2 is 0.584 bits per heavy atom. The number of benzene rings is 13. The lowest BCUT2D eigenvalue weighted by atomic mass is 10.1. The Kier molecular flexibility index (Phi) is 10.7. The summed E-state index contributed by atoms with van der Waals surface area (Å²) in [7, 11) is -6.12. The lowest BCUT2D eigenvalue weighted by Crippen LogP contribution is -2.76. The third-order valence-electron chi connectivity index (χ3n) is 19.4. The number of hydrogen-bond acceptors (Lipinski definition) is 3. The summed E-state index contributed by atoms with van der Waals surface area (Å²) in [6, 6.07) is 117. The number of nitrogens with zero attached hydrogens (tertiary/aromatic N) is 6. The van der Waals surface area contributed by atoms with Crippen LogP contribution in [0.25, 0.3) is 117 Å². The van der Waals surface area contributed by atoms with Crippen molar-refractivity contribution in [2.24, 2.45) is 0 Å². The van der Waals surface area contributed by atoms with E-state index in [1.807, 2.05) is 0 Å². The average Bonchev–Trinajstić information content (AvgIpc) is 1.66. The van der Waals surface area contributed by atoms with Gasteiger partial charge in [0.15, 0.2) is 33.6 Å². The Morgan fingerprint density at radius 3 is 1.12 bits per heavy atom. The van der Waals surface area contributed by atoms with Crippen LogP contribution in [-0.2, 0) is 0 Å². The zero-order valence-corrected chi connectivity index (χ0v) is 50.2. The van der Waals surface area contributed by atoms with E-state index in [2.05, 4.69) is 329 Å². The Labute approximate surface area is 515 Å². The Hall–Kier alpha value is -11.3. The van der Waals surface area contributed by atoms with Crippen molar-refractivity contribution in [1.82, 2.24) is 28.7 Å². The van der Waals surface area contributed by atoms with Crippen LogP contribution in [-0.4, -0.2) is 44.8 Å². The topological polar surface area (TPSA) is 53.5 Å². The predicted octanol–water partition coefficient (Wildman–Crippen LogP) is 13.5. The van der Waals surface area contributed by atoms with Gasteiger partial charge in [0.05, 0.1) is 38.8 Å². The van der Waals surface area contributed by atoms with E-state index in [0.717, 1.165) is 33.4 Å². The summed E-state index contributed by atoms with van der Waals surface area (Å²) in [5, 5.41) is 18.1. The first-order valence-corrected chi connectivity index (χ1v) is 34.6. The highest BCUT2D eigenvalue weighted by Crippen LogP contribution is 2.40. The Morgan fingerprint density at radius 1 is 0.225 bits per heavy atom. The maximum atomic E-state index is 5.67. The molecule has 6 nitrogen and oxygen atoms in total. The van der Waals surface area contributed by atoms with E-state index in [9.17, 15) is 0 Å². The van der Waals surface area contributed by atoms with E-state index in [0.29, 0.717) is 17.5 Å². The van der Waals surface area contributed by atoms with Gasteiger partial charge in [0.25, 0.3) is 0 Å². The second-order valence-corrected chi connectivity index (χ2v) is 31.2. The molecule has 0 fully saturated rings. The van der Waals surface area contributed by atoms with Crippen LogP contribution in [0, 0.1) is 0 Å². The molecule has 89 heavy (non-hydrogen) atoms. The van der Waals surface area contributed by atoms with E-state index in [4.69, 9.17) is 15.0 Å². The third-order valence-corrected chi connectivity index (χ3v) is 29.1. The van der Waals surface area contributed by atoms with E-state index in [1.165, 1.54) is 107 Å². The summed E-state index contributed by atoms with van der Waals surface area (Å²) in [4.78, 5) is 16.9. The summed E-state index contributed by atoms with van der Waals surface area (Å²) >= 11 is 0. The van der Waals surface area contributed by atoms with Crippen molar-refractivity contribution >= 4 is 123 Å². The van der Waals surface area contributed by atoms with Gasteiger partial charge in [-0.3, -0.25) is 0 Å². The van der Waals surface area contributed by atoms with Crippen LogP contribution in [0.5, 0.6) is 0 Å². The zero-order chi connectivity index (χ0) is 58.4. The van der Waals surface area contributed by atoms with Crippen LogP contribution in [0.3, 0.4) is 0 Å². The van der Waals surface area contributed by atoms with Gasteiger partial charge in [0, 0.05) is 60.4 Å². The minimum absolute atomic E-state index is 0.597. The normalized spacial score (nSPS) is 15.7. The molecule has 2 atom stereocenters. The minimum atomic E-state index is -3.11. The van der Waals surface area contributed by atoms with Gasteiger partial charge >= 0.3 is 0 Å². The van der Waals surface area contributed by atoms with Crippen LogP contribution < -0.4 is 41.5 Å². The maximum Gasteiger partial charge on any atom is 0.184 e. The van der Waals surface area contributed by atoms with Crippen molar-refractivity contribution in [3.8, 4) is 51.2 Å². The van der Waals surface area contributed by atoms with Crippen LogP contribution >= 0.6 is 0 Å². The zero-order valence-electron chi connectivity index (χ0n) is 48.2. The predicted molar refractivity (Wildman–Crippen MR) is 374 cm³/mol. The smallest absolute Gasteiger partial charge is 0.184 e. The molecule has 2 unspecified atom stereocenters. The van der Waals surface area contributed by atoms with Gasteiger partial charge in [-0.2, -0.15) is 0 Å². The molecule has 0 spiro atoms. The molecule has 2 aliphatic rings. The fraction of sp³-hybridized carbons (Fsp3) is 0. The first kappa shape index (κ1) is 49.9. The molecule has 0 radical (unpaired) electrons. The number of aromatic nitrogens is 6. The van der Waals surface area contributed by atoms with Crippen molar-refractivity contribution in [1.29, 1.82) is 0 Å². The fourth-order valence-electron chi connectivity index (χ4n) is 15.9. The number of hydrogen-bond donors (Lipinski definition) is 0. The molecule has 6 heterocycles. The number of rotatable bonds is 8. The van der Waals surface area contributed by atoms with Crippen LogP contribution in [0.2, 0.25) is 0 Å². The molecule has 0 N–H and O–H groups in total. The largest absolute Gasteiger partial charge is 0.309 e. The second kappa shape index (κ2) is 19.1. The molecule has 19 rings (SSSR count). The Bertz CT molecular complexity index is 5720. The highest BCUT2D eigenvalue weighted by molar-refractivity contribution is 7.22. The number of fused-ring (bicyclic) bond motifs is 13. The highest BCUT2D eigenvalue weighted by Gasteiger charge is 2.49. The summed E-state index contributed by atoms with van der Waals surface area (Å²) in [6.45, 7) is 0. The molecule has 13 aromatic carbocycles. The quantitative estimate of drug-likeness (QED) is 0.143. The van der Waals surface area contributed by atoms with Crippen molar-refractivity contribution in [2.45, 2.75) is 0 Å². The van der Waals surface area contributed by atoms with Crippen LogP contribution in [0.1, 0.15) is 0 Å². The van der Waals surface area contributed by atoms with Gasteiger partial charge in [-0.15, -0.1) is 0 Å². The molecule has 0 aliphatic carbocycles. The van der Waals surface area contributed by atoms with Gasteiger partial charge < -0.3 is 13.7 Å². The highest BCUT2D eigenvalue weighted by atomic mass is 28.3. The summed E-state index contributed by atoms with van der Waals surface area (Å²) in [6.07, 6.45) is 0. The van der Waals surface area contributed by atoms with Gasteiger partial charge in [-0.05, 0) is 90.0 Å². The van der Waals surface area contributed by atoms with Crippen LogP contribution in [0.4, 0.5) is 0 Å². The van der Waals surface area contributed by atoms with E-state index >= 15 is 0 Å². The van der Waals surface area contributed by atoms with Gasteiger partial charge in [0.2, 0.25) is 0 Å². The van der Waals surface area contributed by atoms with E-state index in [1.54, 1.807) is 0 Å². The monoisotopic (exact) mass is 1160 g/mol. The summed E-state index contributed by atoms with van der Waals surface area (Å²) < 4.78 is 7.42. The molecular weight excluding hydrogens is 1110 g/mol. The van der Waals surface area contributed by atoms with Gasteiger partial charge in [-0.1, -0.05) is 267 Å². The molecule has 17 aromatic rings. The Balaban J connectivity index is 0.852. The lowest BCUT2D eigenvalue weighted by molar-refractivity contribution is 1.06. The first-order valence-electron chi connectivity index (χ1n) is 30.6. The summed E-state index contributed by atoms with van der Waals surface area (Å²) in [5.74, 6) is 1.81. The molecule has 4 aromatic heterocycles. The second-order valence-electron chi connectivity index (χ2n) is 23.7. The molecular formula is C81H52N6Si2.